The Kier molecular flexibility index (Phi) is 4.81. The van der Waals surface area contributed by atoms with Crippen LogP contribution < -0.4 is 11.1 Å². The van der Waals surface area contributed by atoms with E-state index in [0.717, 1.165) is 25.4 Å². The zero-order valence-electron chi connectivity index (χ0n) is 10.3. The third-order valence-corrected chi connectivity index (χ3v) is 3.94. The molecule has 88 valence electrons. The molecular weight excluding hydrogens is 184 g/mol. The van der Waals surface area contributed by atoms with Gasteiger partial charge in [-0.15, -0.1) is 6.58 Å². The van der Waals surface area contributed by atoms with Crippen LogP contribution in [0, 0.1) is 11.8 Å². The molecule has 0 aliphatic heterocycles. The standard InChI is InChI=1S/C13H26N2/c1-4-5-8-15-13(10-14)9-11(2)6-7-12(13)3/h4,11-12,15H,1,5-10,14H2,2-3H3. The summed E-state index contributed by atoms with van der Waals surface area (Å²) in [7, 11) is 0. The van der Waals surface area contributed by atoms with Gasteiger partial charge in [0.05, 0.1) is 0 Å². The lowest BCUT2D eigenvalue weighted by molar-refractivity contribution is 0.127. The van der Waals surface area contributed by atoms with E-state index in [0.29, 0.717) is 5.92 Å². The summed E-state index contributed by atoms with van der Waals surface area (Å²) in [6.07, 6.45) is 6.88. The smallest absolute Gasteiger partial charge is 0.0332 e. The highest BCUT2D eigenvalue weighted by atomic mass is 15.0. The van der Waals surface area contributed by atoms with Gasteiger partial charge < -0.3 is 11.1 Å². The van der Waals surface area contributed by atoms with Crippen molar-refractivity contribution in [1.82, 2.24) is 5.32 Å². The predicted molar refractivity (Wildman–Crippen MR) is 66.8 cm³/mol. The van der Waals surface area contributed by atoms with Crippen LogP contribution in [0.5, 0.6) is 0 Å². The minimum atomic E-state index is 0.181. The Labute approximate surface area is 94.3 Å². The number of hydrogen-bond acceptors (Lipinski definition) is 2. The fourth-order valence-electron chi connectivity index (χ4n) is 2.76. The summed E-state index contributed by atoms with van der Waals surface area (Å²) in [6, 6.07) is 0. The fraction of sp³-hybridized carbons (Fsp3) is 0.846. The van der Waals surface area contributed by atoms with Gasteiger partial charge in [-0.25, -0.2) is 0 Å². The van der Waals surface area contributed by atoms with Crippen LogP contribution in [0.4, 0.5) is 0 Å². The lowest BCUT2D eigenvalue weighted by atomic mass is 9.69. The van der Waals surface area contributed by atoms with Crippen molar-refractivity contribution >= 4 is 0 Å². The van der Waals surface area contributed by atoms with Crippen LogP contribution in [0.1, 0.15) is 39.5 Å². The average Bonchev–Trinajstić information content (AvgIpc) is 2.23. The predicted octanol–water partition coefficient (Wildman–Crippen LogP) is 2.31. The highest BCUT2D eigenvalue weighted by molar-refractivity contribution is 4.98. The molecule has 15 heavy (non-hydrogen) atoms. The van der Waals surface area contributed by atoms with Gasteiger partial charge in [-0.3, -0.25) is 0 Å². The lowest BCUT2D eigenvalue weighted by Gasteiger charge is -2.45. The molecule has 0 aromatic heterocycles. The zero-order chi connectivity index (χ0) is 11.3. The maximum Gasteiger partial charge on any atom is 0.0332 e. The molecule has 3 N–H and O–H groups in total. The van der Waals surface area contributed by atoms with E-state index in [9.17, 15) is 0 Å². The molecule has 0 aromatic carbocycles. The van der Waals surface area contributed by atoms with Crippen molar-refractivity contribution in [3.05, 3.63) is 12.7 Å². The second-order valence-electron chi connectivity index (χ2n) is 5.15. The van der Waals surface area contributed by atoms with Gasteiger partial charge in [-0.05, 0) is 37.6 Å². The largest absolute Gasteiger partial charge is 0.329 e. The molecule has 0 spiro atoms. The SMILES string of the molecule is C=CCCNC1(CN)CC(C)CCC1C. The molecule has 1 aliphatic carbocycles. The minimum Gasteiger partial charge on any atom is -0.329 e. The molecule has 1 fully saturated rings. The second-order valence-corrected chi connectivity index (χ2v) is 5.15. The molecule has 1 aliphatic rings. The summed E-state index contributed by atoms with van der Waals surface area (Å²) in [4.78, 5) is 0. The van der Waals surface area contributed by atoms with E-state index >= 15 is 0 Å². The highest BCUT2D eigenvalue weighted by Crippen LogP contribution is 2.36. The summed E-state index contributed by atoms with van der Waals surface area (Å²) >= 11 is 0. The Morgan fingerprint density at radius 1 is 1.47 bits per heavy atom. The summed E-state index contributed by atoms with van der Waals surface area (Å²) in [5, 5.41) is 3.67. The van der Waals surface area contributed by atoms with Crippen molar-refractivity contribution in [1.29, 1.82) is 0 Å². The Morgan fingerprint density at radius 3 is 2.80 bits per heavy atom. The van der Waals surface area contributed by atoms with Gasteiger partial charge in [-0.2, -0.15) is 0 Å². The molecule has 2 heteroatoms. The first kappa shape index (κ1) is 12.7. The lowest BCUT2D eigenvalue weighted by Crippen LogP contribution is -2.58. The van der Waals surface area contributed by atoms with Crippen molar-refractivity contribution in [2.45, 2.75) is 45.1 Å². The maximum absolute atomic E-state index is 5.98. The van der Waals surface area contributed by atoms with Gasteiger partial charge in [0.25, 0.3) is 0 Å². The molecule has 0 saturated heterocycles. The Hall–Kier alpha value is -0.340. The molecule has 1 saturated carbocycles. The minimum absolute atomic E-state index is 0.181. The van der Waals surface area contributed by atoms with E-state index in [2.05, 4.69) is 25.7 Å². The van der Waals surface area contributed by atoms with E-state index in [4.69, 9.17) is 5.73 Å². The molecule has 3 atom stereocenters. The van der Waals surface area contributed by atoms with Crippen LogP contribution in [0.3, 0.4) is 0 Å². The number of nitrogens with one attached hydrogen (secondary N) is 1. The highest BCUT2D eigenvalue weighted by Gasteiger charge is 2.38. The van der Waals surface area contributed by atoms with Crippen LogP contribution in [-0.4, -0.2) is 18.6 Å². The van der Waals surface area contributed by atoms with Gasteiger partial charge in [-0.1, -0.05) is 26.3 Å². The third-order valence-electron chi connectivity index (χ3n) is 3.94. The monoisotopic (exact) mass is 210 g/mol. The molecule has 0 heterocycles. The van der Waals surface area contributed by atoms with Crippen LogP contribution in [0.2, 0.25) is 0 Å². The Morgan fingerprint density at radius 2 is 2.20 bits per heavy atom. The molecule has 0 bridgehead atoms. The average molecular weight is 210 g/mol. The van der Waals surface area contributed by atoms with Crippen molar-refractivity contribution in [2.75, 3.05) is 13.1 Å². The molecule has 2 nitrogen and oxygen atoms in total. The molecule has 0 aromatic rings. The molecule has 0 amide bonds. The van der Waals surface area contributed by atoms with Gasteiger partial charge in [0, 0.05) is 12.1 Å². The van der Waals surface area contributed by atoms with Gasteiger partial charge in [0.1, 0.15) is 0 Å². The number of hydrogen-bond donors (Lipinski definition) is 2. The third kappa shape index (κ3) is 3.05. The molecular formula is C13H26N2. The number of nitrogens with two attached hydrogens (primary N) is 1. The van der Waals surface area contributed by atoms with Crippen molar-refractivity contribution < 1.29 is 0 Å². The Bertz CT molecular complexity index is 203. The Balaban J connectivity index is 2.58. The first-order chi connectivity index (χ1) is 7.14. The van der Waals surface area contributed by atoms with Crippen molar-refractivity contribution in [3.8, 4) is 0 Å². The summed E-state index contributed by atoms with van der Waals surface area (Å²) in [5.74, 6) is 1.50. The van der Waals surface area contributed by atoms with E-state index in [1.54, 1.807) is 0 Å². The second kappa shape index (κ2) is 5.66. The van der Waals surface area contributed by atoms with E-state index in [1.807, 2.05) is 6.08 Å². The molecule has 0 radical (unpaired) electrons. The van der Waals surface area contributed by atoms with Crippen molar-refractivity contribution in [3.63, 3.8) is 0 Å². The quantitative estimate of drug-likeness (QED) is 0.540. The van der Waals surface area contributed by atoms with E-state index in [1.165, 1.54) is 19.3 Å². The van der Waals surface area contributed by atoms with Gasteiger partial charge >= 0.3 is 0 Å². The zero-order valence-corrected chi connectivity index (χ0v) is 10.3. The fourth-order valence-corrected chi connectivity index (χ4v) is 2.76. The first-order valence-electron chi connectivity index (χ1n) is 6.20. The van der Waals surface area contributed by atoms with Crippen LogP contribution in [0.25, 0.3) is 0 Å². The van der Waals surface area contributed by atoms with E-state index < -0.39 is 0 Å². The number of rotatable bonds is 5. The summed E-state index contributed by atoms with van der Waals surface area (Å²) in [5.41, 5.74) is 6.17. The van der Waals surface area contributed by atoms with Crippen LogP contribution >= 0.6 is 0 Å². The van der Waals surface area contributed by atoms with E-state index in [-0.39, 0.29) is 5.54 Å². The maximum atomic E-state index is 5.98. The van der Waals surface area contributed by atoms with Crippen LogP contribution in [0.15, 0.2) is 12.7 Å². The summed E-state index contributed by atoms with van der Waals surface area (Å²) < 4.78 is 0. The summed E-state index contributed by atoms with van der Waals surface area (Å²) in [6.45, 7) is 10.2. The van der Waals surface area contributed by atoms with Gasteiger partial charge in [0.15, 0.2) is 0 Å². The molecule has 3 unspecified atom stereocenters. The van der Waals surface area contributed by atoms with Crippen molar-refractivity contribution in [2.24, 2.45) is 17.6 Å². The first-order valence-corrected chi connectivity index (χ1v) is 6.20. The molecule has 1 rings (SSSR count). The normalized spacial score (nSPS) is 36.5. The topological polar surface area (TPSA) is 38.0 Å². The van der Waals surface area contributed by atoms with Crippen LogP contribution in [-0.2, 0) is 0 Å². The van der Waals surface area contributed by atoms with Gasteiger partial charge in [0.2, 0.25) is 0 Å².